The van der Waals surface area contributed by atoms with Crippen molar-refractivity contribution in [1.82, 2.24) is 0 Å². The molecule has 0 spiro atoms. The van der Waals surface area contributed by atoms with Gasteiger partial charge in [-0.3, -0.25) is 0 Å². The van der Waals surface area contributed by atoms with Crippen molar-refractivity contribution in [1.29, 1.82) is 0 Å². The minimum absolute atomic E-state index is 0. The molecule has 1 atom stereocenters. The van der Waals surface area contributed by atoms with Gasteiger partial charge in [-0.15, -0.1) is 0 Å². The highest BCUT2D eigenvalue weighted by atomic mass is 79.9. The highest BCUT2D eigenvalue weighted by Crippen LogP contribution is 2.37. The summed E-state index contributed by atoms with van der Waals surface area (Å²) in [5, 5.41) is 12.7. The van der Waals surface area contributed by atoms with Crippen molar-refractivity contribution in [3.63, 3.8) is 0 Å². The minimum atomic E-state index is -1.10. The first-order valence-corrected chi connectivity index (χ1v) is 9.90. The molecule has 0 saturated heterocycles. The van der Waals surface area contributed by atoms with Crippen LogP contribution in [0.5, 0.6) is 0 Å². The number of benzene rings is 2. The summed E-state index contributed by atoms with van der Waals surface area (Å²) in [6.07, 6.45) is 4.37. The van der Waals surface area contributed by atoms with Crippen LogP contribution in [0, 0.1) is 6.92 Å². The van der Waals surface area contributed by atoms with Crippen molar-refractivity contribution in [2.24, 2.45) is 0 Å². The number of nitrogens with zero attached hydrogens (tertiary/aromatic N) is 2. The number of hydrogen-bond acceptors (Lipinski definition) is 2. The molecule has 144 valence electrons. The summed E-state index contributed by atoms with van der Waals surface area (Å²) < 4.78 is 2.17. The average Bonchev–Trinajstić information content (AvgIpc) is 2.78. The molecule has 2 aromatic carbocycles. The van der Waals surface area contributed by atoms with Gasteiger partial charge in [0.15, 0.2) is 6.54 Å². The molecule has 0 aromatic heterocycles. The molecule has 27 heavy (non-hydrogen) atoms. The van der Waals surface area contributed by atoms with E-state index in [1.54, 1.807) is 12.1 Å². The van der Waals surface area contributed by atoms with E-state index in [-0.39, 0.29) is 17.0 Å². The molecular weight excluding hydrogens is 447 g/mol. The lowest BCUT2D eigenvalue weighted by atomic mass is 10.0. The lowest BCUT2D eigenvalue weighted by Crippen LogP contribution is -3.00. The summed E-state index contributed by atoms with van der Waals surface area (Å²) in [5.74, 6) is 1.19. The van der Waals surface area contributed by atoms with Crippen molar-refractivity contribution < 1.29 is 26.7 Å². The third-order valence-corrected chi connectivity index (χ3v) is 6.20. The molecule has 2 heterocycles. The molecule has 0 amide bonds. The van der Waals surface area contributed by atoms with Gasteiger partial charge in [0.1, 0.15) is 5.69 Å². The zero-order valence-corrected chi connectivity index (χ0v) is 18.4. The molecule has 0 fully saturated rings. The average molecular weight is 470 g/mol. The van der Waals surface area contributed by atoms with Gasteiger partial charge in [-0.2, -0.15) is 0 Å². The summed E-state index contributed by atoms with van der Waals surface area (Å²) in [4.78, 5) is 2.26. The topological polar surface area (TPSA) is 26.5 Å². The summed E-state index contributed by atoms with van der Waals surface area (Å²) in [6.45, 7) is 3.42. The Balaban J connectivity index is 0.00000210. The molecule has 0 saturated carbocycles. The highest BCUT2D eigenvalue weighted by Gasteiger charge is 2.52. The zero-order valence-electron chi connectivity index (χ0n) is 15.3. The number of amidine groups is 1. The van der Waals surface area contributed by atoms with Crippen LogP contribution in [0.15, 0.2) is 42.5 Å². The predicted molar refractivity (Wildman–Crippen MR) is 107 cm³/mol. The maximum absolute atomic E-state index is 11.7. The molecule has 1 N–H and O–H groups in total. The molecular formula is C21H23BrCl2N2O. The fraction of sp³-hybridized carbons (Fsp3) is 0.381. The molecule has 0 bridgehead atoms. The second kappa shape index (κ2) is 8.12. The van der Waals surface area contributed by atoms with Crippen LogP contribution in [0.1, 0.15) is 36.8 Å². The van der Waals surface area contributed by atoms with Gasteiger partial charge in [0.2, 0.25) is 0 Å². The molecule has 0 radical (unpaired) electrons. The Hall–Kier alpha value is -1.07. The summed E-state index contributed by atoms with van der Waals surface area (Å²) >= 11 is 12.3. The maximum Gasteiger partial charge on any atom is 0.271 e. The van der Waals surface area contributed by atoms with E-state index >= 15 is 0 Å². The van der Waals surface area contributed by atoms with Crippen molar-refractivity contribution in [2.75, 3.05) is 18.0 Å². The third kappa shape index (κ3) is 3.77. The lowest BCUT2D eigenvalue weighted by Gasteiger charge is -2.24. The van der Waals surface area contributed by atoms with E-state index in [1.165, 1.54) is 17.8 Å². The molecule has 2 aliphatic heterocycles. The standard InChI is InChI=1S/C21H23Cl2N2O.BrH/c1-15-6-9-17(10-7-15)24-14-21(26,16-8-11-18(22)19(23)13-16)25-12-4-2-3-5-20(24)25;/h6-11,13,26H,2-5,12,14H2,1H3;1H/q+1;/p-1. The van der Waals surface area contributed by atoms with Gasteiger partial charge >= 0.3 is 0 Å². The van der Waals surface area contributed by atoms with Crippen LogP contribution in [-0.4, -0.2) is 28.6 Å². The number of aliphatic hydroxyl groups is 1. The van der Waals surface area contributed by atoms with Gasteiger partial charge in [-0.05, 0) is 50.5 Å². The third-order valence-electron chi connectivity index (χ3n) is 5.46. The number of rotatable bonds is 2. The largest absolute Gasteiger partial charge is 1.00 e. The molecule has 6 heteroatoms. The Morgan fingerprint density at radius 3 is 2.44 bits per heavy atom. The van der Waals surface area contributed by atoms with Crippen molar-refractivity contribution in [3.8, 4) is 0 Å². The predicted octanol–water partition coefficient (Wildman–Crippen LogP) is 1.96. The van der Waals surface area contributed by atoms with E-state index in [0.717, 1.165) is 37.1 Å². The Morgan fingerprint density at radius 1 is 1.00 bits per heavy atom. The Bertz CT molecular complexity index is 869. The SMILES string of the molecule is Cc1ccc(N2CC(O)(c3ccc(Cl)c(Cl)c3)[N+]3=C2CCCCC3)cc1.[Br-]. The van der Waals surface area contributed by atoms with Crippen LogP contribution in [-0.2, 0) is 5.72 Å². The Morgan fingerprint density at radius 2 is 1.74 bits per heavy atom. The molecule has 3 nitrogen and oxygen atoms in total. The van der Waals surface area contributed by atoms with Crippen molar-refractivity contribution in [2.45, 2.75) is 38.3 Å². The van der Waals surface area contributed by atoms with Gasteiger partial charge in [-0.25, -0.2) is 9.48 Å². The normalized spacial score (nSPS) is 22.3. The molecule has 2 aromatic rings. The van der Waals surface area contributed by atoms with E-state index in [2.05, 4.69) is 40.7 Å². The van der Waals surface area contributed by atoms with Crippen LogP contribution in [0.3, 0.4) is 0 Å². The van der Waals surface area contributed by atoms with Crippen LogP contribution in [0.25, 0.3) is 0 Å². The van der Waals surface area contributed by atoms with Crippen LogP contribution in [0.2, 0.25) is 10.0 Å². The van der Waals surface area contributed by atoms with Crippen LogP contribution >= 0.6 is 23.2 Å². The van der Waals surface area contributed by atoms with Gasteiger partial charge in [0.05, 0.1) is 16.6 Å². The van der Waals surface area contributed by atoms with E-state index in [9.17, 15) is 5.11 Å². The Labute approximate surface area is 181 Å². The molecule has 0 aliphatic carbocycles. The molecule has 2 aliphatic rings. The molecule has 4 rings (SSSR count). The molecule has 1 unspecified atom stereocenters. The number of aryl methyl sites for hydroxylation is 1. The van der Waals surface area contributed by atoms with Gasteiger partial charge < -0.3 is 22.1 Å². The van der Waals surface area contributed by atoms with Gasteiger partial charge in [0.25, 0.3) is 11.6 Å². The van der Waals surface area contributed by atoms with Gasteiger partial charge in [0, 0.05) is 12.0 Å². The fourth-order valence-corrected chi connectivity index (χ4v) is 4.33. The fourth-order valence-electron chi connectivity index (χ4n) is 4.03. The van der Waals surface area contributed by atoms with Crippen molar-refractivity contribution >= 4 is 34.7 Å². The first-order chi connectivity index (χ1) is 12.5. The Kier molecular flexibility index (Phi) is 6.21. The summed E-state index contributed by atoms with van der Waals surface area (Å²) in [6, 6.07) is 13.9. The maximum atomic E-state index is 11.7. The summed E-state index contributed by atoms with van der Waals surface area (Å²) in [7, 11) is 0. The second-order valence-electron chi connectivity index (χ2n) is 7.25. The number of halogens is 3. The number of hydrogen-bond donors (Lipinski definition) is 1. The number of β-amino-alcohol motifs (C(OH)–C–C–N with tert-alkyl or cyclic N) is 1. The van der Waals surface area contributed by atoms with E-state index in [0.29, 0.717) is 16.6 Å². The zero-order chi connectivity index (χ0) is 18.3. The monoisotopic (exact) mass is 468 g/mol. The first kappa shape index (κ1) is 20.7. The van der Waals surface area contributed by atoms with Crippen molar-refractivity contribution in [3.05, 3.63) is 63.6 Å². The summed E-state index contributed by atoms with van der Waals surface area (Å²) in [5.41, 5.74) is 2.04. The highest BCUT2D eigenvalue weighted by molar-refractivity contribution is 6.42. The second-order valence-corrected chi connectivity index (χ2v) is 8.06. The van der Waals surface area contributed by atoms with E-state index in [1.807, 2.05) is 6.07 Å². The smallest absolute Gasteiger partial charge is 0.271 e. The number of anilines is 1. The first-order valence-electron chi connectivity index (χ1n) is 9.14. The van der Waals surface area contributed by atoms with Crippen LogP contribution in [0.4, 0.5) is 5.69 Å². The van der Waals surface area contributed by atoms with Crippen LogP contribution < -0.4 is 21.9 Å². The quantitative estimate of drug-likeness (QED) is 0.680. The minimum Gasteiger partial charge on any atom is -1.00 e. The van der Waals surface area contributed by atoms with E-state index in [4.69, 9.17) is 23.2 Å². The van der Waals surface area contributed by atoms with Gasteiger partial charge in [-0.1, -0.05) is 47.0 Å². The van der Waals surface area contributed by atoms with E-state index < -0.39 is 5.72 Å². The lowest BCUT2D eigenvalue weighted by molar-refractivity contribution is -0.658.